The average Bonchev–Trinajstić information content (AvgIpc) is 2.91. The van der Waals surface area contributed by atoms with E-state index in [1.807, 2.05) is 11.6 Å². The summed E-state index contributed by atoms with van der Waals surface area (Å²) in [7, 11) is 3.44. The van der Waals surface area contributed by atoms with Crippen LogP contribution in [0.2, 0.25) is 0 Å². The minimum absolute atomic E-state index is 0. The van der Waals surface area contributed by atoms with Crippen LogP contribution in [-0.2, 0) is 23.0 Å². The number of fused-ring (bicyclic) bond motifs is 1. The Kier molecular flexibility index (Phi) is 8.27. The maximum Gasteiger partial charge on any atom is 0.252 e. The van der Waals surface area contributed by atoms with Crippen molar-refractivity contribution in [3.63, 3.8) is 0 Å². The Bertz CT molecular complexity index is 748. The Hall–Kier alpha value is -1.41. The van der Waals surface area contributed by atoms with Crippen molar-refractivity contribution < 1.29 is 13.9 Å². The summed E-state index contributed by atoms with van der Waals surface area (Å²) in [5.74, 6) is 0.460. The lowest BCUT2D eigenvalue weighted by molar-refractivity contribution is -0.146. The highest BCUT2D eigenvalue weighted by Gasteiger charge is 2.39. The Labute approximate surface area is 164 Å². The number of hydrogen-bond donors (Lipinski definition) is 2. The third-order valence-corrected chi connectivity index (χ3v) is 4.79. The molecule has 1 aliphatic heterocycles. The van der Waals surface area contributed by atoms with Crippen LogP contribution in [0.15, 0.2) is 18.2 Å². The number of nitrogens with zero attached hydrogens (tertiary/aromatic N) is 2. The van der Waals surface area contributed by atoms with E-state index < -0.39 is 5.60 Å². The number of ether oxygens (including phenoxy) is 1. The Morgan fingerprint density at radius 3 is 2.73 bits per heavy atom. The summed E-state index contributed by atoms with van der Waals surface area (Å²) in [5, 5.41) is 6.19. The highest BCUT2D eigenvalue weighted by atomic mass is 35.5. The van der Waals surface area contributed by atoms with Crippen LogP contribution < -0.4 is 10.6 Å². The van der Waals surface area contributed by atoms with E-state index in [9.17, 15) is 9.18 Å². The van der Waals surface area contributed by atoms with Crippen LogP contribution in [-0.4, -0.2) is 47.8 Å². The number of carbonyl (C=O) groups is 1. The Morgan fingerprint density at radius 1 is 1.38 bits per heavy atom. The summed E-state index contributed by atoms with van der Waals surface area (Å²) >= 11 is 0. The van der Waals surface area contributed by atoms with Crippen LogP contribution in [0.5, 0.6) is 0 Å². The first-order valence-electron chi connectivity index (χ1n) is 8.21. The second-order valence-corrected chi connectivity index (χ2v) is 6.17. The predicted molar refractivity (Wildman–Crippen MR) is 104 cm³/mol. The molecule has 0 saturated carbocycles. The SMILES string of the molecule is COC1(C(=O)NCCc2nc3ccc(F)cc3n2C)CCNCC1.Cl.Cl. The van der Waals surface area contributed by atoms with Crippen molar-refractivity contribution >= 4 is 41.8 Å². The first-order valence-corrected chi connectivity index (χ1v) is 8.21. The van der Waals surface area contributed by atoms with Gasteiger partial charge in [0, 0.05) is 27.1 Å². The van der Waals surface area contributed by atoms with Gasteiger partial charge in [-0.05, 0) is 44.1 Å². The maximum absolute atomic E-state index is 13.4. The van der Waals surface area contributed by atoms with Crippen LogP contribution >= 0.6 is 24.8 Å². The zero-order valence-electron chi connectivity index (χ0n) is 14.9. The number of nitrogens with one attached hydrogen (secondary N) is 2. The summed E-state index contributed by atoms with van der Waals surface area (Å²) in [5.41, 5.74) is 0.774. The Morgan fingerprint density at radius 2 is 2.08 bits per heavy atom. The minimum Gasteiger partial charge on any atom is -0.368 e. The molecule has 9 heteroatoms. The van der Waals surface area contributed by atoms with Gasteiger partial charge in [0.15, 0.2) is 0 Å². The lowest BCUT2D eigenvalue weighted by atomic mass is 9.91. The average molecular weight is 407 g/mol. The summed E-state index contributed by atoms with van der Waals surface area (Å²) in [6.07, 6.45) is 1.92. The second kappa shape index (κ2) is 9.50. The number of aryl methyl sites for hydroxylation is 1. The van der Waals surface area contributed by atoms with Gasteiger partial charge in [-0.1, -0.05) is 0 Å². The van der Waals surface area contributed by atoms with Crippen molar-refractivity contribution in [2.45, 2.75) is 24.9 Å². The fourth-order valence-electron chi connectivity index (χ4n) is 3.24. The van der Waals surface area contributed by atoms with Gasteiger partial charge in [-0.25, -0.2) is 9.37 Å². The quantitative estimate of drug-likeness (QED) is 0.796. The smallest absolute Gasteiger partial charge is 0.252 e. The third kappa shape index (κ3) is 4.46. The molecule has 1 amide bonds. The van der Waals surface area contributed by atoms with Gasteiger partial charge in [-0.2, -0.15) is 0 Å². The predicted octanol–water partition coefficient (Wildman–Crippen LogP) is 1.98. The van der Waals surface area contributed by atoms with Gasteiger partial charge in [-0.15, -0.1) is 24.8 Å². The van der Waals surface area contributed by atoms with E-state index in [0.29, 0.717) is 25.8 Å². The van der Waals surface area contributed by atoms with E-state index in [0.717, 1.165) is 29.9 Å². The number of rotatable bonds is 5. The summed E-state index contributed by atoms with van der Waals surface area (Å²) in [6.45, 7) is 2.02. The van der Waals surface area contributed by atoms with E-state index in [2.05, 4.69) is 15.6 Å². The van der Waals surface area contributed by atoms with Gasteiger partial charge in [0.05, 0.1) is 11.0 Å². The first-order chi connectivity index (χ1) is 11.6. The largest absolute Gasteiger partial charge is 0.368 e. The molecular formula is C17H25Cl2FN4O2. The van der Waals surface area contributed by atoms with Crippen LogP contribution in [0, 0.1) is 5.82 Å². The molecule has 1 saturated heterocycles. The van der Waals surface area contributed by atoms with Crippen molar-refractivity contribution in [3.05, 3.63) is 29.8 Å². The molecule has 2 aromatic rings. The minimum atomic E-state index is -0.735. The molecular weight excluding hydrogens is 382 g/mol. The van der Waals surface area contributed by atoms with Gasteiger partial charge in [0.25, 0.3) is 5.91 Å². The van der Waals surface area contributed by atoms with Crippen molar-refractivity contribution in [2.75, 3.05) is 26.7 Å². The monoisotopic (exact) mass is 406 g/mol. The van der Waals surface area contributed by atoms with E-state index in [4.69, 9.17) is 4.74 Å². The summed E-state index contributed by atoms with van der Waals surface area (Å²) < 4.78 is 20.7. The molecule has 0 unspecified atom stereocenters. The molecule has 146 valence electrons. The molecule has 1 aromatic heterocycles. The van der Waals surface area contributed by atoms with Crippen LogP contribution in [0.3, 0.4) is 0 Å². The number of amides is 1. The molecule has 0 atom stereocenters. The zero-order valence-corrected chi connectivity index (χ0v) is 16.5. The maximum atomic E-state index is 13.4. The highest BCUT2D eigenvalue weighted by molar-refractivity contribution is 5.86. The fourth-order valence-corrected chi connectivity index (χ4v) is 3.24. The van der Waals surface area contributed by atoms with Gasteiger partial charge < -0.3 is 19.9 Å². The highest BCUT2D eigenvalue weighted by Crippen LogP contribution is 2.22. The number of methoxy groups -OCH3 is 1. The molecule has 0 radical (unpaired) electrons. The van der Waals surface area contributed by atoms with Gasteiger partial charge >= 0.3 is 0 Å². The summed E-state index contributed by atoms with van der Waals surface area (Å²) in [6, 6.07) is 4.54. The number of benzene rings is 1. The second-order valence-electron chi connectivity index (χ2n) is 6.17. The summed E-state index contributed by atoms with van der Waals surface area (Å²) in [4.78, 5) is 17.0. The van der Waals surface area contributed by atoms with Crippen molar-refractivity contribution in [1.29, 1.82) is 0 Å². The molecule has 3 rings (SSSR count). The molecule has 1 aliphatic rings. The standard InChI is InChI=1S/C17H23FN4O2.2ClH/c1-22-14-11-12(18)3-4-13(14)21-15(22)5-8-20-16(23)17(24-2)6-9-19-10-7-17;;/h3-4,11,19H,5-10H2,1-2H3,(H,20,23);2*1H. The fraction of sp³-hybridized carbons (Fsp3) is 0.529. The molecule has 1 aromatic carbocycles. The van der Waals surface area contributed by atoms with E-state index in [1.54, 1.807) is 13.2 Å². The zero-order chi connectivity index (χ0) is 17.2. The topological polar surface area (TPSA) is 68.2 Å². The molecule has 0 aliphatic carbocycles. The molecule has 26 heavy (non-hydrogen) atoms. The molecule has 0 spiro atoms. The third-order valence-electron chi connectivity index (χ3n) is 4.79. The van der Waals surface area contributed by atoms with Crippen LogP contribution in [0.25, 0.3) is 11.0 Å². The number of imidazole rings is 1. The number of piperidine rings is 1. The Balaban J connectivity index is 0.00000169. The van der Waals surface area contributed by atoms with Gasteiger partial charge in [-0.3, -0.25) is 4.79 Å². The van der Waals surface area contributed by atoms with Crippen LogP contribution in [0.1, 0.15) is 18.7 Å². The van der Waals surface area contributed by atoms with E-state index in [-0.39, 0.29) is 36.5 Å². The molecule has 2 heterocycles. The lowest BCUT2D eigenvalue weighted by Gasteiger charge is -2.34. The van der Waals surface area contributed by atoms with Crippen molar-refractivity contribution in [2.24, 2.45) is 7.05 Å². The normalized spacial score (nSPS) is 15.8. The van der Waals surface area contributed by atoms with E-state index >= 15 is 0 Å². The lowest BCUT2D eigenvalue weighted by Crippen LogP contribution is -2.54. The van der Waals surface area contributed by atoms with Crippen LogP contribution in [0.4, 0.5) is 4.39 Å². The van der Waals surface area contributed by atoms with E-state index in [1.165, 1.54) is 12.1 Å². The number of halogens is 3. The number of hydrogen-bond acceptors (Lipinski definition) is 4. The van der Waals surface area contributed by atoms with Crippen molar-refractivity contribution in [3.8, 4) is 0 Å². The molecule has 1 fully saturated rings. The molecule has 0 bridgehead atoms. The van der Waals surface area contributed by atoms with Gasteiger partial charge in [0.1, 0.15) is 17.2 Å². The first kappa shape index (κ1) is 22.6. The molecule has 6 nitrogen and oxygen atoms in total. The van der Waals surface area contributed by atoms with Gasteiger partial charge in [0.2, 0.25) is 0 Å². The number of aromatic nitrogens is 2. The van der Waals surface area contributed by atoms with Crippen molar-refractivity contribution in [1.82, 2.24) is 20.2 Å². The number of carbonyl (C=O) groups excluding carboxylic acids is 1. The molecule has 2 N–H and O–H groups in total.